The van der Waals surface area contributed by atoms with E-state index in [9.17, 15) is 13.2 Å². The van der Waals surface area contributed by atoms with Gasteiger partial charge in [-0.2, -0.15) is 13.2 Å². The molecule has 2 atom stereocenters. The highest BCUT2D eigenvalue weighted by Gasteiger charge is 2.41. The summed E-state index contributed by atoms with van der Waals surface area (Å²) in [6.45, 7) is 0.415. The molecule has 0 heterocycles. The largest absolute Gasteiger partial charge is 0.391 e. The molecule has 2 saturated carbocycles. The lowest BCUT2D eigenvalue weighted by Crippen LogP contribution is -2.34. The number of alkyl halides is 3. The molecular weight excluding hydrogens is 243 g/mol. The maximum Gasteiger partial charge on any atom is 0.391 e. The van der Waals surface area contributed by atoms with Crippen LogP contribution >= 0.6 is 0 Å². The van der Waals surface area contributed by atoms with E-state index in [0.717, 1.165) is 19.3 Å². The Morgan fingerprint density at radius 3 is 2.56 bits per heavy atom. The minimum Gasteiger partial charge on any atom is -0.370 e. The summed E-state index contributed by atoms with van der Waals surface area (Å²) < 4.78 is 37.9. The molecule has 0 saturated heterocycles. The van der Waals surface area contributed by atoms with E-state index in [2.05, 4.69) is 10.3 Å². The van der Waals surface area contributed by atoms with Gasteiger partial charge in [-0.3, -0.25) is 4.99 Å². The Morgan fingerprint density at radius 1 is 1.22 bits per heavy atom. The quantitative estimate of drug-likeness (QED) is 0.607. The van der Waals surface area contributed by atoms with E-state index in [1.807, 2.05) is 0 Å². The maximum atomic E-state index is 12.6. The fraction of sp³-hybridized carbons (Fsp3) is 0.917. The second-order valence-electron chi connectivity index (χ2n) is 5.42. The number of aliphatic imine (C=N–C) groups is 1. The molecule has 0 aromatic heterocycles. The summed E-state index contributed by atoms with van der Waals surface area (Å²) in [7, 11) is 0. The van der Waals surface area contributed by atoms with Gasteiger partial charge in [-0.05, 0) is 38.0 Å². The topological polar surface area (TPSA) is 50.4 Å². The van der Waals surface area contributed by atoms with Crippen LogP contribution in [0.1, 0.15) is 38.5 Å². The van der Waals surface area contributed by atoms with Gasteiger partial charge in [0.1, 0.15) is 0 Å². The van der Waals surface area contributed by atoms with Crippen molar-refractivity contribution in [3.63, 3.8) is 0 Å². The average molecular weight is 263 g/mol. The van der Waals surface area contributed by atoms with Crippen molar-refractivity contribution in [2.75, 3.05) is 6.54 Å². The molecular formula is C12H20F3N3. The minimum atomic E-state index is -4.06. The average Bonchev–Trinajstić information content (AvgIpc) is 3.10. The smallest absolute Gasteiger partial charge is 0.370 e. The van der Waals surface area contributed by atoms with Gasteiger partial charge in [0.2, 0.25) is 0 Å². The summed E-state index contributed by atoms with van der Waals surface area (Å²) in [5.74, 6) is -0.749. The number of hydrogen-bond donors (Lipinski definition) is 2. The van der Waals surface area contributed by atoms with E-state index in [0.29, 0.717) is 25.0 Å². The lowest BCUT2D eigenvalue weighted by atomic mass is 9.81. The highest BCUT2D eigenvalue weighted by atomic mass is 19.4. The molecule has 0 spiro atoms. The zero-order valence-corrected chi connectivity index (χ0v) is 10.3. The zero-order chi connectivity index (χ0) is 13.2. The Bertz CT molecular complexity index is 310. The van der Waals surface area contributed by atoms with Gasteiger partial charge in [0, 0.05) is 12.6 Å². The first-order valence-electron chi connectivity index (χ1n) is 6.58. The van der Waals surface area contributed by atoms with Crippen LogP contribution in [0.5, 0.6) is 0 Å². The van der Waals surface area contributed by atoms with Crippen molar-refractivity contribution in [2.24, 2.45) is 22.6 Å². The van der Waals surface area contributed by atoms with Gasteiger partial charge in [0.05, 0.1) is 5.92 Å². The van der Waals surface area contributed by atoms with E-state index < -0.39 is 12.1 Å². The molecule has 18 heavy (non-hydrogen) atoms. The standard InChI is InChI=1S/C12H20F3N3/c13-12(14,15)9-3-1-2-8(6-9)7-17-11(16)18-10-4-5-10/h8-10H,1-7H2,(H3,16,17,18). The lowest BCUT2D eigenvalue weighted by Gasteiger charge is -2.29. The molecule has 3 N–H and O–H groups in total. The molecule has 0 aromatic carbocycles. The molecule has 2 rings (SSSR count). The number of rotatable bonds is 3. The number of halogens is 3. The molecule has 104 valence electrons. The highest BCUT2D eigenvalue weighted by molar-refractivity contribution is 5.78. The Morgan fingerprint density at radius 2 is 1.94 bits per heavy atom. The molecule has 2 aliphatic carbocycles. The summed E-state index contributed by atoms with van der Waals surface area (Å²) in [6.07, 6.45) is 0.0854. The third-order valence-electron chi connectivity index (χ3n) is 3.69. The molecule has 0 bridgehead atoms. The second kappa shape index (κ2) is 5.36. The molecule has 0 aromatic rings. The SMILES string of the molecule is NC(=NCC1CCCC(C(F)(F)F)C1)NC1CC1. The second-order valence-corrected chi connectivity index (χ2v) is 5.42. The number of guanidine groups is 1. The molecule has 6 heteroatoms. The minimum absolute atomic E-state index is 0.0185. The first-order valence-corrected chi connectivity index (χ1v) is 6.58. The van der Waals surface area contributed by atoms with Crippen LogP contribution in [0.3, 0.4) is 0 Å². The van der Waals surface area contributed by atoms with Crippen molar-refractivity contribution in [1.29, 1.82) is 0 Å². The number of nitrogens with one attached hydrogen (secondary N) is 1. The van der Waals surface area contributed by atoms with E-state index in [1.54, 1.807) is 0 Å². The van der Waals surface area contributed by atoms with Crippen LogP contribution in [-0.4, -0.2) is 24.7 Å². The lowest BCUT2D eigenvalue weighted by molar-refractivity contribution is -0.185. The van der Waals surface area contributed by atoms with Gasteiger partial charge in [0.15, 0.2) is 5.96 Å². The number of nitrogens with two attached hydrogens (primary N) is 1. The van der Waals surface area contributed by atoms with E-state index in [-0.39, 0.29) is 18.8 Å². The van der Waals surface area contributed by atoms with Gasteiger partial charge in [0.25, 0.3) is 0 Å². The van der Waals surface area contributed by atoms with Crippen molar-refractivity contribution < 1.29 is 13.2 Å². The molecule has 0 aliphatic heterocycles. The van der Waals surface area contributed by atoms with Crippen LogP contribution in [0.2, 0.25) is 0 Å². The third-order valence-corrected chi connectivity index (χ3v) is 3.69. The third kappa shape index (κ3) is 4.07. The van der Waals surface area contributed by atoms with Crippen molar-refractivity contribution in [3.8, 4) is 0 Å². The van der Waals surface area contributed by atoms with E-state index >= 15 is 0 Å². The first kappa shape index (κ1) is 13.5. The highest BCUT2D eigenvalue weighted by Crippen LogP contribution is 2.39. The van der Waals surface area contributed by atoms with Gasteiger partial charge in [-0.25, -0.2) is 0 Å². The Hall–Kier alpha value is -0.940. The molecule has 2 aliphatic rings. The van der Waals surface area contributed by atoms with Crippen LogP contribution in [0.25, 0.3) is 0 Å². The van der Waals surface area contributed by atoms with Crippen molar-refractivity contribution in [3.05, 3.63) is 0 Å². The first-order chi connectivity index (χ1) is 8.45. The summed E-state index contributed by atoms with van der Waals surface area (Å²) >= 11 is 0. The predicted octanol–water partition coefficient (Wildman–Crippen LogP) is 2.42. The van der Waals surface area contributed by atoms with Gasteiger partial charge < -0.3 is 11.1 Å². The van der Waals surface area contributed by atoms with Crippen LogP contribution in [0.15, 0.2) is 4.99 Å². The summed E-state index contributed by atoms with van der Waals surface area (Å²) in [4.78, 5) is 4.16. The number of nitrogens with zero attached hydrogens (tertiary/aromatic N) is 1. The number of hydrogen-bond acceptors (Lipinski definition) is 1. The fourth-order valence-electron chi connectivity index (χ4n) is 2.46. The summed E-state index contributed by atoms with van der Waals surface area (Å²) in [6, 6.07) is 0.433. The van der Waals surface area contributed by atoms with Gasteiger partial charge in [-0.15, -0.1) is 0 Å². The summed E-state index contributed by atoms with van der Waals surface area (Å²) in [5.41, 5.74) is 5.67. The molecule has 0 radical (unpaired) electrons. The normalized spacial score (nSPS) is 30.3. The van der Waals surface area contributed by atoms with Gasteiger partial charge in [-0.1, -0.05) is 6.42 Å². The van der Waals surface area contributed by atoms with Gasteiger partial charge >= 0.3 is 6.18 Å². The Kier molecular flexibility index (Phi) is 4.02. The maximum absolute atomic E-state index is 12.6. The van der Waals surface area contributed by atoms with Crippen LogP contribution < -0.4 is 11.1 Å². The fourth-order valence-corrected chi connectivity index (χ4v) is 2.46. The molecule has 2 fully saturated rings. The van der Waals surface area contributed by atoms with Crippen LogP contribution in [-0.2, 0) is 0 Å². The van der Waals surface area contributed by atoms with Crippen molar-refractivity contribution >= 4 is 5.96 Å². The zero-order valence-electron chi connectivity index (χ0n) is 10.3. The Labute approximate surface area is 105 Å². The predicted molar refractivity (Wildman–Crippen MR) is 64.2 cm³/mol. The molecule has 0 amide bonds. The van der Waals surface area contributed by atoms with Crippen molar-refractivity contribution in [1.82, 2.24) is 5.32 Å². The Balaban J connectivity index is 1.78. The molecule has 2 unspecified atom stereocenters. The molecule has 3 nitrogen and oxygen atoms in total. The summed E-state index contributed by atoms with van der Waals surface area (Å²) in [5, 5.41) is 3.04. The van der Waals surface area contributed by atoms with Crippen molar-refractivity contribution in [2.45, 2.75) is 50.7 Å². The van der Waals surface area contributed by atoms with E-state index in [1.165, 1.54) is 0 Å². The van der Waals surface area contributed by atoms with Crippen LogP contribution in [0, 0.1) is 11.8 Å². The monoisotopic (exact) mass is 263 g/mol. The van der Waals surface area contributed by atoms with E-state index in [4.69, 9.17) is 5.73 Å². The van der Waals surface area contributed by atoms with Crippen LogP contribution in [0.4, 0.5) is 13.2 Å².